The highest BCUT2D eigenvalue weighted by Gasteiger charge is 2.18. The lowest BCUT2D eigenvalue weighted by Crippen LogP contribution is -2.10. The molecule has 0 fully saturated rings. The Morgan fingerprint density at radius 3 is 2.68 bits per heavy atom. The summed E-state index contributed by atoms with van der Waals surface area (Å²) in [7, 11) is 0. The van der Waals surface area contributed by atoms with Crippen molar-refractivity contribution in [3.05, 3.63) is 11.3 Å². The molecule has 0 aliphatic rings. The van der Waals surface area contributed by atoms with Gasteiger partial charge in [0.05, 0.1) is 6.61 Å². The third-order valence-electron chi connectivity index (χ3n) is 2.75. The molecule has 0 saturated heterocycles. The van der Waals surface area contributed by atoms with E-state index >= 15 is 0 Å². The minimum absolute atomic E-state index is 0. The number of ether oxygens (including phenoxy) is 1. The Kier molecular flexibility index (Phi) is 9.04. The van der Waals surface area contributed by atoms with Crippen molar-refractivity contribution in [3.63, 3.8) is 0 Å². The monoisotopic (exact) mass is 289 g/mol. The number of hydrogen-bond donors (Lipinski definition) is 2. The lowest BCUT2D eigenvalue weighted by Gasteiger charge is -2.06. The number of nitrogens with one attached hydrogen (secondary N) is 2. The normalized spacial score (nSPS) is 9.84. The molecule has 0 aliphatic heterocycles. The smallest absolute Gasteiger partial charge is 0.343 e. The number of aromatic nitrogens is 2. The summed E-state index contributed by atoms with van der Waals surface area (Å²) in [5, 5.41) is 10.1. The van der Waals surface area contributed by atoms with Gasteiger partial charge in [-0.1, -0.05) is 26.2 Å². The molecule has 0 radical (unpaired) electrons. The van der Waals surface area contributed by atoms with Gasteiger partial charge in [-0.15, -0.1) is 12.4 Å². The molecule has 1 aromatic heterocycles. The number of nitrogens with zero attached hydrogens (tertiary/aromatic N) is 1. The summed E-state index contributed by atoms with van der Waals surface area (Å²) in [5.41, 5.74) is 1.26. The molecular weight excluding hydrogens is 266 g/mol. The van der Waals surface area contributed by atoms with Gasteiger partial charge >= 0.3 is 5.97 Å². The van der Waals surface area contributed by atoms with Crippen LogP contribution in [-0.2, 0) is 4.74 Å². The Balaban J connectivity index is 0.00000324. The SMILES string of the molecule is CCCCCCNc1n[nH]c(C)c1C(=O)OCC.Cl. The minimum atomic E-state index is -0.320. The predicted octanol–water partition coefficient (Wildman–Crippen LogP) is 3.31. The van der Waals surface area contributed by atoms with E-state index in [0.717, 1.165) is 18.7 Å². The lowest BCUT2D eigenvalue weighted by molar-refractivity contribution is 0.0526. The molecule has 1 heterocycles. The van der Waals surface area contributed by atoms with E-state index in [4.69, 9.17) is 4.74 Å². The molecule has 1 rings (SSSR count). The maximum absolute atomic E-state index is 11.8. The fourth-order valence-electron chi connectivity index (χ4n) is 1.77. The van der Waals surface area contributed by atoms with E-state index in [9.17, 15) is 4.79 Å². The zero-order valence-electron chi connectivity index (χ0n) is 11.9. The summed E-state index contributed by atoms with van der Waals surface area (Å²) in [4.78, 5) is 11.8. The number of carbonyl (C=O) groups is 1. The highest BCUT2D eigenvalue weighted by molar-refractivity contribution is 5.95. The van der Waals surface area contributed by atoms with Crippen molar-refractivity contribution in [1.29, 1.82) is 0 Å². The topological polar surface area (TPSA) is 67.0 Å². The number of halogens is 1. The lowest BCUT2D eigenvalue weighted by atomic mass is 10.2. The van der Waals surface area contributed by atoms with Gasteiger partial charge in [0.2, 0.25) is 0 Å². The van der Waals surface area contributed by atoms with Crippen LogP contribution in [0, 0.1) is 6.92 Å². The van der Waals surface area contributed by atoms with Crippen LogP contribution in [0.1, 0.15) is 55.6 Å². The van der Waals surface area contributed by atoms with Crippen molar-refractivity contribution >= 4 is 24.2 Å². The zero-order chi connectivity index (χ0) is 13.4. The second-order valence-electron chi connectivity index (χ2n) is 4.28. The molecule has 0 aromatic carbocycles. The first-order valence-electron chi connectivity index (χ1n) is 6.66. The highest BCUT2D eigenvalue weighted by atomic mass is 35.5. The van der Waals surface area contributed by atoms with Crippen LogP contribution < -0.4 is 5.32 Å². The van der Waals surface area contributed by atoms with Crippen LogP contribution in [0.15, 0.2) is 0 Å². The van der Waals surface area contributed by atoms with Crippen molar-refractivity contribution in [3.8, 4) is 0 Å². The summed E-state index contributed by atoms with van der Waals surface area (Å²) in [5.74, 6) is 0.280. The molecule has 19 heavy (non-hydrogen) atoms. The highest BCUT2D eigenvalue weighted by Crippen LogP contribution is 2.17. The van der Waals surface area contributed by atoms with E-state index < -0.39 is 0 Å². The molecule has 0 spiro atoms. The fourth-order valence-corrected chi connectivity index (χ4v) is 1.77. The second kappa shape index (κ2) is 9.67. The zero-order valence-corrected chi connectivity index (χ0v) is 12.7. The van der Waals surface area contributed by atoms with E-state index in [1.54, 1.807) is 6.92 Å². The molecule has 110 valence electrons. The standard InChI is InChI=1S/C13H23N3O2.ClH/c1-4-6-7-8-9-14-12-11(10(3)15-16-12)13(17)18-5-2;/h4-9H2,1-3H3,(H2,14,15,16);1H. The van der Waals surface area contributed by atoms with Gasteiger partial charge in [-0.3, -0.25) is 5.10 Å². The first-order valence-corrected chi connectivity index (χ1v) is 6.66. The average molecular weight is 290 g/mol. The Hall–Kier alpha value is -1.23. The molecule has 0 atom stereocenters. The van der Waals surface area contributed by atoms with Gasteiger partial charge in [-0.2, -0.15) is 5.10 Å². The van der Waals surface area contributed by atoms with Crippen molar-refractivity contribution in [2.24, 2.45) is 0 Å². The summed E-state index contributed by atoms with van der Waals surface area (Å²) in [6.07, 6.45) is 4.74. The molecule has 0 bridgehead atoms. The molecule has 1 aromatic rings. The number of aromatic amines is 1. The van der Waals surface area contributed by atoms with Crippen LogP contribution in [0.4, 0.5) is 5.82 Å². The van der Waals surface area contributed by atoms with Gasteiger partial charge in [0, 0.05) is 12.2 Å². The van der Waals surface area contributed by atoms with Crippen LogP contribution in [-0.4, -0.2) is 29.3 Å². The van der Waals surface area contributed by atoms with E-state index in [1.807, 2.05) is 6.92 Å². The number of unbranched alkanes of at least 4 members (excludes halogenated alkanes) is 3. The van der Waals surface area contributed by atoms with Crippen LogP contribution in [0.25, 0.3) is 0 Å². The third kappa shape index (κ3) is 5.51. The quantitative estimate of drug-likeness (QED) is 0.569. The molecule has 6 heteroatoms. The van der Waals surface area contributed by atoms with Crippen LogP contribution in [0.2, 0.25) is 0 Å². The Labute approximate surface area is 120 Å². The van der Waals surface area contributed by atoms with Crippen molar-refractivity contribution in [2.45, 2.75) is 46.5 Å². The van der Waals surface area contributed by atoms with Gasteiger partial charge in [-0.25, -0.2) is 4.79 Å². The summed E-state index contributed by atoms with van der Waals surface area (Å²) < 4.78 is 5.01. The first kappa shape index (κ1) is 17.8. The minimum Gasteiger partial charge on any atom is -0.462 e. The predicted molar refractivity (Wildman–Crippen MR) is 79.2 cm³/mol. The molecular formula is C13H24ClN3O2. The summed E-state index contributed by atoms with van der Waals surface area (Å²) in [6.45, 7) is 7.01. The van der Waals surface area contributed by atoms with Gasteiger partial charge in [-0.05, 0) is 20.3 Å². The van der Waals surface area contributed by atoms with Crippen LogP contribution >= 0.6 is 12.4 Å². The van der Waals surface area contributed by atoms with Crippen molar-refractivity contribution in [2.75, 3.05) is 18.5 Å². The number of anilines is 1. The van der Waals surface area contributed by atoms with Gasteiger partial charge in [0.1, 0.15) is 5.56 Å². The van der Waals surface area contributed by atoms with Crippen LogP contribution in [0.5, 0.6) is 0 Å². The summed E-state index contributed by atoms with van der Waals surface area (Å²) >= 11 is 0. The molecule has 5 nitrogen and oxygen atoms in total. The number of carbonyl (C=O) groups excluding carboxylic acids is 1. The number of H-pyrrole nitrogens is 1. The average Bonchev–Trinajstić information content (AvgIpc) is 2.71. The van der Waals surface area contributed by atoms with E-state index in [2.05, 4.69) is 22.4 Å². The van der Waals surface area contributed by atoms with Gasteiger partial charge in [0.15, 0.2) is 5.82 Å². The van der Waals surface area contributed by atoms with Crippen molar-refractivity contribution < 1.29 is 9.53 Å². The summed E-state index contributed by atoms with van der Waals surface area (Å²) in [6, 6.07) is 0. The number of esters is 1. The number of rotatable bonds is 8. The molecule has 0 saturated carbocycles. The Bertz CT molecular complexity index is 380. The Morgan fingerprint density at radius 1 is 1.32 bits per heavy atom. The molecule has 0 amide bonds. The third-order valence-corrected chi connectivity index (χ3v) is 2.75. The first-order chi connectivity index (χ1) is 8.70. The van der Waals surface area contributed by atoms with Gasteiger partial charge in [0.25, 0.3) is 0 Å². The fraction of sp³-hybridized carbons (Fsp3) is 0.692. The maximum Gasteiger partial charge on any atom is 0.343 e. The Morgan fingerprint density at radius 2 is 2.05 bits per heavy atom. The number of aryl methyl sites for hydroxylation is 1. The van der Waals surface area contributed by atoms with E-state index in [-0.39, 0.29) is 18.4 Å². The molecule has 0 unspecified atom stereocenters. The van der Waals surface area contributed by atoms with Crippen molar-refractivity contribution in [1.82, 2.24) is 10.2 Å². The maximum atomic E-state index is 11.8. The molecule has 2 N–H and O–H groups in total. The number of hydrogen-bond acceptors (Lipinski definition) is 4. The van der Waals surface area contributed by atoms with E-state index in [1.165, 1.54) is 19.3 Å². The second-order valence-corrected chi connectivity index (χ2v) is 4.28. The largest absolute Gasteiger partial charge is 0.462 e. The van der Waals surface area contributed by atoms with Crippen LogP contribution in [0.3, 0.4) is 0 Å². The van der Waals surface area contributed by atoms with E-state index in [0.29, 0.717) is 18.0 Å². The molecule has 0 aliphatic carbocycles. The van der Waals surface area contributed by atoms with Gasteiger partial charge < -0.3 is 10.1 Å².